The van der Waals surface area contributed by atoms with Gasteiger partial charge in [-0.3, -0.25) is 9.89 Å². The lowest BCUT2D eigenvalue weighted by atomic mass is 10.0. The minimum atomic E-state index is 0.769. The zero-order valence-corrected chi connectivity index (χ0v) is 17.9. The van der Waals surface area contributed by atoms with Crippen molar-refractivity contribution < 1.29 is 0 Å². The third-order valence-electron chi connectivity index (χ3n) is 5.73. The molecule has 0 radical (unpaired) electrons. The standard InChI is InChI=1S/C20H36N6S/c1-3-18-8-4-5-12-25(18)15-11-23-19(21-2)22-10-9-17-16-27-20(24-17)26-13-6-7-14-26/h16,18H,3-15H2,1-2H3,(H2,21,22,23). The van der Waals surface area contributed by atoms with E-state index in [4.69, 9.17) is 4.98 Å². The lowest BCUT2D eigenvalue weighted by Gasteiger charge is -2.35. The molecule has 2 fully saturated rings. The van der Waals surface area contributed by atoms with Gasteiger partial charge in [0.1, 0.15) is 0 Å². The number of rotatable bonds is 8. The van der Waals surface area contributed by atoms with E-state index in [-0.39, 0.29) is 0 Å². The fourth-order valence-electron chi connectivity index (χ4n) is 4.13. The molecule has 2 aliphatic heterocycles. The number of hydrogen-bond donors (Lipinski definition) is 2. The highest BCUT2D eigenvalue weighted by atomic mass is 32.1. The molecule has 7 heteroatoms. The van der Waals surface area contributed by atoms with Crippen LogP contribution in [-0.4, -0.2) is 68.2 Å². The first-order valence-electron chi connectivity index (χ1n) is 10.7. The molecule has 27 heavy (non-hydrogen) atoms. The van der Waals surface area contributed by atoms with E-state index in [1.807, 2.05) is 7.05 Å². The third kappa shape index (κ3) is 6.07. The van der Waals surface area contributed by atoms with E-state index in [1.165, 1.54) is 55.9 Å². The van der Waals surface area contributed by atoms with Crippen molar-refractivity contribution in [3.05, 3.63) is 11.1 Å². The molecule has 2 aliphatic rings. The molecule has 0 aliphatic carbocycles. The first-order chi connectivity index (χ1) is 13.3. The number of thiazole rings is 1. The van der Waals surface area contributed by atoms with E-state index in [0.717, 1.165) is 51.1 Å². The summed E-state index contributed by atoms with van der Waals surface area (Å²) in [5.41, 5.74) is 1.18. The number of anilines is 1. The maximum atomic E-state index is 4.79. The summed E-state index contributed by atoms with van der Waals surface area (Å²) in [6, 6.07) is 0.769. The van der Waals surface area contributed by atoms with Crippen LogP contribution in [0.15, 0.2) is 10.4 Å². The van der Waals surface area contributed by atoms with Crippen LogP contribution in [0.2, 0.25) is 0 Å². The summed E-state index contributed by atoms with van der Waals surface area (Å²) in [4.78, 5) is 14.2. The number of nitrogens with one attached hydrogen (secondary N) is 2. The Morgan fingerprint density at radius 1 is 1.19 bits per heavy atom. The van der Waals surface area contributed by atoms with Gasteiger partial charge in [0.05, 0.1) is 5.69 Å². The monoisotopic (exact) mass is 392 g/mol. The van der Waals surface area contributed by atoms with Crippen LogP contribution in [0.1, 0.15) is 51.1 Å². The smallest absolute Gasteiger partial charge is 0.191 e. The summed E-state index contributed by atoms with van der Waals surface area (Å²) >= 11 is 1.78. The van der Waals surface area contributed by atoms with Crippen molar-refractivity contribution in [2.45, 2.75) is 57.9 Å². The van der Waals surface area contributed by atoms with Gasteiger partial charge in [-0.25, -0.2) is 4.98 Å². The first kappa shape index (κ1) is 20.4. The highest BCUT2D eigenvalue weighted by Gasteiger charge is 2.20. The van der Waals surface area contributed by atoms with Crippen LogP contribution in [-0.2, 0) is 6.42 Å². The van der Waals surface area contributed by atoms with Gasteiger partial charge < -0.3 is 15.5 Å². The Hall–Kier alpha value is -1.34. The summed E-state index contributed by atoms with van der Waals surface area (Å²) in [7, 11) is 1.85. The summed E-state index contributed by atoms with van der Waals surface area (Å²) in [6.45, 7) is 8.80. The predicted octanol–water partition coefficient (Wildman–Crippen LogP) is 2.72. The molecule has 3 heterocycles. The van der Waals surface area contributed by atoms with E-state index in [9.17, 15) is 0 Å². The largest absolute Gasteiger partial charge is 0.356 e. The van der Waals surface area contributed by atoms with E-state index in [1.54, 1.807) is 11.3 Å². The first-order valence-corrected chi connectivity index (χ1v) is 11.6. The van der Waals surface area contributed by atoms with E-state index < -0.39 is 0 Å². The molecule has 2 N–H and O–H groups in total. The van der Waals surface area contributed by atoms with Gasteiger partial charge in [-0.05, 0) is 38.6 Å². The molecule has 0 saturated carbocycles. The SMILES string of the molecule is CCC1CCCCN1CCNC(=NC)NCCc1csc(N2CCCC2)n1. The molecular formula is C20H36N6S. The molecule has 152 valence electrons. The Balaban J connectivity index is 1.34. The number of piperidine rings is 1. The molecule has 0 amide bonds. The summed E-state index contributed by atoms with van der Waals surface area (Å²) in [6.07, 6.45) is 8.90. The minimum Gasteiger partial charge on any atom is -0.356 e. The second-order valence-corrected chi connectivity index (χ2v) is 8.42. The summed E-state index contributed by atoms with van der Waals surface area (Å²) < 4.78 is 0. The van der Waals surface area contributed by atoms with Crippen LogP contribution in [0.5, 0.6) is 0 Å². The van der Waals surface area contributed by atoms with Gasteiger partial charge in [-0.1, -0.05) is 13.3 Å². The average molecular weight is 393 g/mol. The summed E-state index contributed by atoms with van der Waals surface area (Å²) in [5.74, 6) is 0.898. The second kappa shape index (κ2) is 10.9. The number of aromatic nitrogens is 1. The zero-order chi connectivity index (χ0) is 18.9. The van der Waals surface area contributed by atoms with E-state index >= 15 is 0 Å². The maximum Gasteiger partial charge on any atom is 0.191 e. The van der Waals surface area contributed by atoms with Gasteiger partial charge in [0.2, 0.25) is 0 Å². The number of guanidine groups is 1. The summed E-state index contributed by atoms with van der Waals surface area (Å²) in [5, 5.41) is 10.3. The van der Waals surface area contributed by atoms with E-state index in [2.05, 4.69) is 37.7 Å². The lowest BCUT2D eigenvalue weighted by molar-refractivity contribution is 0.147. The van der Waals surface area contributed by atoms with Crippen LogP contribution >= 0.6 is 11.3 Å². The normalized spacial score (nSPS) is 21.6. The predicted molar refractivity (Wildman–Crippen MR) is 116 cm³/mol. The Morgan fingerprint density at radius 3 is 2.74 bits per heavy atom. The van der Waals surface area contributed by atoms with Crippen LogP contribution in [0.4, 0.5) is 5.13 Å². The van der Waals surface area contributed by atoms with Crippen LogP contribution in [0, 0.1) is 0 Å². The molecule has 1 aromatic heterocycles. The van der Waals surface area contributed by atoms with Crippen molar-refractivity contribution in [1.82, 2.24) is 20.5 Å². The van der Waals surface area contributed by atoms with Crippen molar-refractivity contribution >= 4 is 22.4 Å². The number of likely N-dealkylation sites (tertiary alicyclic amines) is 1. The Bertz CT molecular complexity index is 581. The molecule has 0 bridgehead atoms. The molecule has 0 aromatic carbocycles. The van der Waals surface area contributed by atoms with Crippen molar-refractivity contribution in [1.29, 1.82) is 0 Å². The molecule has 6 nitrogen and oxygen atoms in total. The molecule has 2 saturated heterocycles. The van der Waals surface area contributed by atoms with Gasteiger partial charge in [-0.15, -0.1) is 11.3 Å². The Kier molecular flexibility index (Phi) is 8.20. The van der Waals surface area contributed by atoms with Gasteiger partial charge in [0.25, 0.3) is 0 Å². The average Bonchev–Trinajstić information content (AvgIpc) is 3.39. The van der Waals surface area contributed by atoms with Crippen molar-refractivity contribution in [3.8, 4) is 0 Å². The van der Waals surface area contributed by atoms with Crippen molar-refractivity contribution in [3.63, 3.8) is 0 Å². The maximum absolute atomic E-state index is 4.79. The van der Waals surface area contributed by atoms with Crippen LogP contribution < -0.4 is 15.5 Å². The highest BCUT2D eigenvalue weighted by molar-refractivity contribution is 7.13. The molecule has 0 spiro atoms. The van der Waals surface area contributed by atoms with Crippen LogP contribution in [0.3, 0.4) is 0 Å². The zero-order valence-electron chi connectivity index (χ0n) is 17.0. The van der Waals surface area contributed by atoms with Gasteiger partial charge in [0.15, 0.2) is 11.1 Å². The third-order valence-corrected chi connectivity index (χ3v) is 6.68. The fraction of sp³-hybridized carbons (Fsp3) is 0.800. The number of aliphatic imine (C=N–C) groups is 1. The fourth-order valence-corrected chi connectivity index (χ4v) is 5.04. The van der Waals surface area contributed by atoms with E-state index in [0.29, 0.717) is 0 Å². The van der Waals surface area contributed by atoms with Gasteiger partial charge in [-0.2, -0.15) is 0 Å². The molecule has 1 atom stereocenters. The number of hydrogen-bond acceptors (Lipinski definition) is 5. The number of nitrogens with zero attached hydrogens (tertiary/aromatic N) is 4. The minimum absolute atomic E-state index is 0.769. The highest BCUT2D eigenvalue weighted by Crippen LogP contribution is 2.24. The van der Waals surface area contributed by atoms with Crippen molar-refractivity contribution in [2.75, 3.05) is 51.2 Å². The molecular weight excluding hydrogens is 356 g/mol. The van der Waals surface area contributed by atoms with Gasteiger partial charge >= 0.3 is 0 Å². The Morgan fingerprint density at radius 2 is 1.96 bits per heavy atom. The quantitative estimate of drug-likeness (QED) is 0.526. The molecule has 1 unspecified atom stereocenters. The van der Waals surface area contributed by atoms with Crippen LogP contribution in [0.25, 0.3) is 0 Å². The molecule has 3 rings (SSSR count). The van der Waals surface area contributed by atoms with Crippen molar-refractivity contribution in [2.24, 2.45) is 4.99 Å². The van der Waals surface area contributed by atoms with Gasteiger partial charge in [0, 0.05) is 57.6 Å². The lowest BCUT2D eigenvalue weighted by Crippen LogP contribution is -2.46. The molecule has 1 aromatic rings. The topological polar surface area (TPSA) is 55.8 Å². The second-order valence-electron chi connectivity index (χ2n) is 7.59. The Labute approximate surface area is 168 Å².